The summed E-state index contributed by atoms with van der Waals surface area (Å²) < 4.78 is 13.4. The van der Waals surface area contributed by atoms with Gasteiger partial charge in [-0.1, -0.05) is 23.8 Å². The Balaban J connectivity index is 2.90. The third-order valence-corrected chi connectivity index (χ3v) is 2.35. The highest BCUT2D eigenvalue weighted by Crippen LogP contribution is 2.23. The highest BCUT2D eigenvalue weighted by molar-refractivity contribution is 6.03. The number of halogens is 1. The predicted octanol–water partition coefficient (Wildman–Crippen LogP) is 2.99. The summed E-state index contributed by atoms with van der Waals surface area (Å²) in [5.74, 6) is -1.43. The van der Waals surface area contributed by atoms with Gasteiger partial charge >= 0.3 is 5.97 Å². The molecule has 0 atom stereocenters. The fourth-order valence-corrected chi connectivity index (χ4v) is 1.61. The van der Waals surface area contributed by atoms with E-state index in [2.05, 4.69) is 0 Å². The Kier molecular flexibility index (Phi) is 2.15. The van der Waals surface area contributed by atoms with Crippen LogP contribution in [0.2, 0.25) is 0 Å². The minimum Gasteiger partial charge on any atom is -0.478 e. The van der Waals surface area contributed by atoms with Crippen LogP contribution in [-0.2, 0) is 0 Å². The van der Waals surface area contributed by atoms with Crippen LogP contribution in [0.3, 0.4) is 0 Å². The monoisotopic (exact) mass is 204 g/mol. The van der Waals surface area contributed by atoms with Gasteiger partial charge in [-0.3, -0.25) is 0 Å². The molecular weight excluding hydrogens is 195 g/mol. The van der Waals surface area contributed by atoms with Crippen molar-refractivity contribution < 1.29 is 14.3 Å². The molecular formula is C12H9FO2. The van der Waals surface area contributed by atoms with Gasteiger partial charge in [-0.05, 0) is 24.4 Å². The number of aromatic carboxylic acids is 1. The Labute approximate surface area is 86.0 Å². The first-order chi connectivity index (χ1) is 7.09. The molecule has 0 aromatic heterocycles. The molecule has 0 fully saturated rings. The largest absolute Gasteiger partial charge is 0.478 e. The number of hydrogen-bond donors (Lipinski definition) is 1. The van der Waals surface area contributed by atoms with Crippen molar-refractivity contribution in [2.75, 3.05) is 0 Å². The van der Waals surface area contributed by atoms with Crippen LogP contribution < -0.4 is 0 Å². The molecule has 2 rings (SSSR count). The lowest BCUT2D eigenvalue weighted by molar-refractivity contribution is 0.0699. The topological polar surface area (TPSA) is 37.3 Å². The molecule has 76 valence electrons. The molecule has 0 aliphatic carbocycles. The number of hydrogen-bond acceptors (Lipinski definition) is 1. The second kappa shape index (κ2) is 3.35. The number of rotatable bonds is 1. The van der Waals surface area contributed by atoms with Crippen molar-refractivity contribution in [3.63, 3.8) is 0 Å². The molecule has 0 saturated heterocycles. The molecule has 0 aliphatic heterocycles. The number of aryl methyl sites for hydroxylation is 1. The lowest BCUT2D eigenvalue weighted by atomic mass is 10.0. The first-order valence-corrected chi connectivity index (χ1v) is 4.52. The van der Waals surface area contributed by atoms with E-state index < -0.39 is 11.8 Å². The molecule has 2 nitrogen and oxygen atoms in total. The molecule has 3 heteroatoms. The highest BCUT2D eigenvalue weighted by atomic mass is 19.1. The summed E-state index contributed by atoms with van der Waals surface area (Å²) in [6.45, 7) is 1.84. The summed E-state index contributed by atoms with van der Waals surface area (Å²) in [6.07, 6.45) is 0. The van der Waals surface area contributed by atoms with Gasteiger partial charge in [0.1, 0.15) is 5.82 Å². The van der Waals surface area contributed by atoms with Crippen molar-refractivity contribution in [2.45, 2.75) is 6.92 Å². The zero-order valence-corrected chi connectivity index (χ0v) is 8.12. The van der Waals surface area contributed by atoms with Gasteiger partial charge in [0.2, 0.25) is 0 Å². The van der Waals surface area contributed by atoms with E-state index >= 15 is 0 Å². The molecule has 0 unspecified atom stereocenters. The number of fused-ring (bicyclic) bond motifs is 1. The lowest BCUT2D eigenvalue weighted by Crippen LogP contribution is -1.98. The van der Waals surface area contributed by atoms with Gasteiger partial charge in [-0.2, -0.15) is 0 Å². The minimum atomic E-state index is -1.04. The molecule has 0 saturated carbocycles. The fourth-order valence-electron chi connectivity index (χ4n) is 1.61. The summed E-state index contributed by atoms with van der Waals surface area (Å²) in [7, 11) is 0. The van der Waals surface area contributed by atoms with Crippen LogP contribution in [0.4, 0.5) is 4.39 Å². The second-order valence-electron chi connectivity index (χ2n) is 3.45. The number of carboxylic acids is 1. The average molecular weight is 204 g/mol. The summed E-state index contributed by atoms with van der Waals surface area (Å²) in [6, 6.07) is 7.52. The summed E-state index contributed by atoms with van der Waals surface area (Å²) in [5.41, 5.74) is 1.05. The van der Waals surface area contributed by atoms with E-state index in [1.165, 1.54) is 12.1 Å². The van der Waals surface area contributed by atoms with Gasteiger partial charge in [0.05, 0.1) is 5.56 Å². The maximum Gasteiger partial charge on any atom is 0.336 e. The van der Waals surface area contributed by atoms with Gasteiger partial charge in [-0.25, -0.2) is 9.18 Å². The molecule has 0 amide bonds. The van der Waals surface area contributed by atoms with E-state index in [0.29, 0.717) is 10.8 Å². The van der Waals surface area contributed by atoms with Gasteiger partial charge in [-0.15, -0.1) is 0 Å². The van der Waals surface area contributed by atoms with E-state index in [9.17, 15) is 9.18 Å². The molecule has 2 aromatic rings. The third-order valence-electron chi connectivity index (χ3n) is 2.35. The summed E-state index contributed by atoms with van der Waals surface area (Å²) in [5, 5.41) is 9.74. The molecule has 0 aliphatic rings. The highest BCUT2D eigenvalue weighted by Gasteiger charge is 2.10. The molecule has 1 N–H and O–H groups in total. The zero-order valence-electron chi connectivity index (χ0n) is 8.12. The molecule has 2 aromatic carbocycles. The van der Waals surface area contributed by atoms with Crippen molar-refractivity contribution in [3.05, 3.63) is 47.3 Å². The number of benzene rings is 2. The Hall–Kier alpha value is -1.90. The smallest absolute Gasteiger partial charge is 0.336 e. The van der Waals surface area contributed by atoms with Crippen LogP contribution in [0.1, 0.15) is 15.9 Å². The van der Waals surface area contributed by atoms with E-state index in [0.717, 1.165) is 5.56 Å². The maximum absolute atomic E-state index is 13.4. The number of carbonyl (C=O) groups is 1. The molecule has 0 bridgehead atoms. The van der Waals surface area contributed by atoms with E-state index in [-0.39, 0.29) is 5.56 Å². The Bertz CT molecular complexity index is 547. The van der Waals surface area contributed by atoms with Crippen LogP contribution in [0, 0.1) is 12.7 Å². The normalized spacial score (nSPS) is 10.5. The van der Waals surface area contributed by atoms with Crippen molar-refractivity contribution >= 4 is 16.7 Å². The van der Waals surface area contributed by atoms with Crippen LogP contribution in [-0.4, -0.2) is 11.1 Å². The van der Waals surface area contributed by atoms with E-state index in [4.69, 9.17) is 5.11 Å². The molecule has 0 spiro atoms. The van der Waals surface area contributed by atoms with Crippen LogP contribution >= 0.6 is 0 Å². The standard InChI is InChI=1S/C12H9FO2/c1-7-2-3-8-10(6-7)9(12(14)15)4-5-11(8)13/h2-6H,1H3,(H,14,15). The van der Waals surface area contributed by atoms with Gasteiger partial charge in [0.25, 0.3) is 0 Å². The van der Waals surface area contributed by atoms with Gasteiger partial charge < -0.3 is 5.11 Å². The van der Waals surface area contributed by atoms with Crippen molar-refractivity contribution in [1.29, 1.82) is 0 Å². The van der Waals surface area contributed by atoms with Gasteiger partial charge in [0.15, 0.2) is 0 Å². The molecule has 0 radical (unpaired) electrons. The molecule has 15 heavy (non-hydrogen) atoms. The first kappa shape index (κ1) is 9.65. The predicted molar refractivity (Wildman–Crippen MR) is 55.6 cm³/mol. The maximum atomic E-state index is 13.4. The van der Waals surface area contributed by atoms with Crippen LogP contribution in [0.5, 0.6) is 0 Å². The summed E-state index contributed by atoms with van der Waals surface area (Å²) >= 11 is 0. The van der Waals surface area contributed by atoms with E-state index in [1.54, 1.807) is 18.2 Å². The zero-order chi connectivity index (χ0) is 11.0. The Morgan fingerprint density at radius 1 is 1.20 bits per heavy atom. The van der Waals surface area contributed by atoms with Crippen molar-refractivity contribution in [3.8, 4) is 0 Å². The quantitative estimate of drug-likeness (QED) is 0.775. The van der Waals surface area contributed by atoms with Gasteiger partial charge in [0, 0.05) is 5.39 Å². The van der Waals surface area contributed by atoms with E-state index in [1.807, 2.05) is 6.92 Å². The second-order valence-corrected chi connectivity index (χ2v) is 3.45. The lowest BCUT2D eigenvalue weighted by Gasteiger charge is -2.04. The molecule has 0 heterocycles. The SMILES string of the molecule is Cc1ccc2c(F)ccc(C(=O)O)c2c1. The first-order valence-electron chi connectivity index (χ1n) is 4.52. The third kappa shape index (κ3) is 1.56. The van der Waals surface area contributed by atoms with Crippen molar-refractivity contribution in [1.82, 2.24) is 0 Å². The average Bonchev–Trinajstić information content (AvgIpc) is 2.17. The minimum absolute atomic E-state index is 0.134. The fraction of sp³-hybridized carbons (Fsp3) is 0.0833. The number of carboxylic acid groups (broad SMARTS) is 1. The van der Waals surface area contributed by atoms with Crippen molar-refractivity contribution in [2.24, 2.45) is 0 Å². The van der Waals surface area contributed by atoms with Crippen LogP contribution in [0.25, 0.3) is 10.8 Å². The summed E-state index contributed by atoms with van der Waals surface area (Å²) in [4.78, 5) is 10.9. The Morgan fingerprint density at radius 3 is 2.60 bits per heavy atom. The Morgan fingerprint density at radius 2 is 1.93 bits per heavy atom. The van der Waals surface area contributed by atoms with Crippen LogP contribution in [0.15, 0.2) is 30.3 Å².